The highest BCUT2D eigenvalue weighted by molar-refractivity contribution is 5.74. The first-order chi connectivity index (χ1) is 6.63. The number of carbonyl (C=O) groups excluding carboxylic acids is 2. The fourth-order valence-electron chi connectivity index (χ4n) is 1.40. The van der Waals surface area contributed by atoms with Crippen molar-refractivity contribution in [2.45, 2.75) is 32.0 Å². The van der Waals surface area contributed by atoms with E-state index in [-0.39, 0.29) is 12.1 Å². The highest BCUT2D eigenvalue weighted by Crippen LogP contribution is 2.17. The molecule has 0 radical (unpaired) electrons. The molecule has 0 spiro atoms. The fraction of sp³-hybridized carbons (Fsp3) is 0.778. The third-order valence-electron chi connectivity index (χ3n) is 2.03. The molecule has 0 aromatic carbocycles. The molecule has 2 atom stereocenters. The second-order valence-corrected chi connectivity index (χ2v) is 3.14. The summed E-state index contributed by atoms with van der Waals surface area (Å²) in [6.07, 6.45) is 0.183. The molecule has 1 unspecified atom stereocenters. The molecule has 0 bridgehead atoms. The average molecular weight is 202 g/mol. The maximum absolute atomic E-state index is 11.1. The standard InChI is InChI=1S/C9H14O5/c1-6(10)14-7-3-4-13-8(5-7)9(11)12-2/h7-8H,3-5H2,1-2H3/t7-,8?/m1/s1. The van der Waals surface area contributed by atoms with Crippen LogP contribution in [0.15, 0.2) is 0 Å². The van der Waals surface area contributed by atoms with Crippen molar-refractivity contribution in [1.82, 2.24) is 0 Å². The van der Waals surface area contributed by atoms with E-state index >= 15 is 0 Å². The maximum atomic E-state index is 11.1. The molecule has 5 heteroatoms. The molecule has 0 aromatic heterocycles. The number of ether oxygens (including phenoxy) is 3. The van der Waals surface area contributed by atoms with Crippen molar-refractivity contribution < 1.29 is 23.8 Å². The normalized spacial score (nSPS) is 26.7. The molecule has 14 heavy (non-hydrogen) atoms. The Labute approximate surface area is 82.3 Å². The predicted octanol–water partition coefficient (Wildman–Crippen LogP) is 0.270. The molecule has 0 amide bonds. The van der Waals surface area contributed by atoms with Gasteiger partial charge in [-0.05, 0) is 0 Å². The van der Waals surface area contributed by atoms with Crippen LogP contribution in [0.2, 0.25) is 0 Å². The molecule has 0 aliphatic carbocycles. The Kier molecular flexibility index (Phi) is 3.88. The Morgan fingerprint density at radius 3 is 2.71 bits per heavy atom. The summed E-state index contributed by atoms with van der Waals surface area (Å²) in [5.74, 6) is -0.748. The topological polar surface area (TPSA) is 61.8 Å². The van der Waals surface area contributed by atoms with Crippen LogP contribution >= 0.6 is 0 Å². The van der Waals surface area contributed by atoms with E-state index in [2.05, 4.69) is 4.74 Å². The van der Waals surface area contributed by atoms with Crippen molar-refractivity contribution in [1.29, 1.82) is 0 Å². The van der Waals surface area contributed by atoms with E-state index in [1.165, 1.54) is 14.0 Å². The fourth-order valence-corrected chi connectivity index (χ4v) is 1.40. The van der Waals surface area contributed by atoms with Gasteiger partial charge in [0.05, 0.1) is 13.7 Å². The number of hydrogen-bond acceptors (Lipinski definition) is 5. The maximum Gasteiger partial charge on any atom is 0.335 e. The molecule has 80 valence electrons. The number of rotatable bonds is 2. The molecule has 0 aromatic rings. The van der Waals surface area contributed by atoms with Crippen molar-refractivity contribution in [3.05, 3.63) is 0 Å². The van der Waals surface area contributed by atoms with Crippen LogP contribution in [0, 0.1) is 0 Å². The van der Waals surface area contributed by atoms with Crippen LogP contribution in [0.1, 0.15) is 19.8 Å². The van der Waals surface area contributed by atoms with Gasteiger partial charge < -0.3 is 14.2 Å². The zero-order valence-electron chi connectivity index (χ0n) is 8.32. The van der Waals surface area contributed by atoms with Crippen molar-refractivity contribution in [3.63, 3.8) is 0 Å². The lowest BCUT2D eigenvalue weighted by molar-refractivity contribution is -0.168. The van der Waals surface area contributed by atoms with Crippen LogP contribution < -0.4 is 0 Å². The molecule has 1 fully saturated rings. The first kappa shape index (κ1) is 11.0. The van der Waals surface area contributed by atoms with E-state index in [0.29, 0.717) is 19.4 Å². The number of methoxy groups -OCH3 is 1. The minimum Gasteiger partial charge on any atom is -0.467 e. The Bertz CT molecular complexity index is 225. The number of hydrogen-bond donors (Lipinski definition) is 0. The summed E-state index contributed by atoms with van der Waals surface area (Å²) in [7, 11) is 1.31. The first-order valence-corrected chi connectivity index (χ1v) is 4.50. The summed E-state index contributed by atoms with van der Waals surface area (Å²) in [5.41, 5.74) is 0. The Hall–Kier alpha value is -1.10. The van der Waals surface area contributed by atoms with E-state index in [0.717, 1.165) is 0 Å². The summed E-state index contributed by atoms with van der Waals surface area (Å²) in [6, 6.07) is 0. The molecule has 0 saturated carbocycles. The Balaban J connectivity index is 2.43. The monoisotopic (exact) mass is 202 g/mol. The molecule has 1 aliphatic heterocycles. The summed E-state index contributed by atoms with van der Waals surface area (Å²) in [6.45, 7) is 1.76. The van der Waals surface area contributed by atoms with Gasteiger partial charge in [-0.25, -0.2) is 4.79 Å². The molecular formula is C9H14O5. The SMILES string of the molecule is COC(=O)C1C[C@H](OC(C)=O)CCO1. The quantitative estimate of drug-likeness (QED) is 0.601. The molecule has 1 heterocycles. The minimum atomic E-state index is -0.599. The van der Waals surface area contributed by atoms with Gasteiger partial charge in [-0.2, -0.15) is 0 Å². The van der Waals surface area contributed by atoms with Crippen LogP contribution in [0.5, 0.6) is 0 Å². The molecular weight excluding hydrogens is 188 g/mol. The number of carbonyl (C=O) groups is 2. The van der Waals surface area contributed by atoms with E-state index in [9.17, 15) is 9.59 Å². The van der Waals surface area contributed by atoms with Gasteiger partial charge in [-0.3, -0.25) is 4.79 Å². The van der Waals surface area contributed by atoms with Gasteiger partial charge in [0.15, 0.2) is 6.10 Å². The summed E-state index contributed by atoms with van der Waals surface area (Å²) in [5, 5.41) is 0. The minimum absolute atomic E-state index is 0.231. The van der Waals surface area contributed by atoms with Gasteiger partial charge in [0.25, 0.3) is 0 Å². The second kappa shape index (κ2) is 4.95. The lowest BCUT2D eigenvalue weighted by Crippen LogP contribution is -2.37. The van der Waals surface area contributed by atoms with Crippen molar-refractivity contribution in [2.75, 3.05) is 13.7 Å². The largest absolute Gasteiger partial charge is 0.467 e. The van der Waals surface area contributed by atoms with Gasteiger partial charge in [0.2, 0.25) is 0 Å². The highest BCUT2D eigenvalue weighted by atomic mass is 16.6. The lowest BCUT2D eigenvalue weighted by Gasteiger charge is -2.27. The predicted molar refractivity (Wildman–Crippen MR) is 46.5 cm³/mol. The average Bonchev–Trinajstić information content (AvgIpc) is 2.16. The third kappa shape index (κ3) is 2.99. The van der Waals surface area contributed by atoms with Crippen molar-refractivity contribution in [3.8, 4) is 0 Å². The van der Waals surface area contributed by atoms with Crippen LogP contribution in [0.4, 0.5) is 0 Å². The van der Waals surface area contributed by atoms with E-state index in [1.807, 2.05) is 0 Å². The van der Waals surface area contributed by atoms with Gasteiger partial charge >= 0.3 is 11.9 Å². The zero-order valence-corrected chi connectivity index (χ0v) is 8.32. The lowest BCUT2D eigenvalue weighted by atomic mass is 10.1. The van der Waals surface area contributed by atoms with Crippen LogP contribution in [0.3, 0.4) is 0 Å². The highest BCUT2D eigenvalue weighted by Gasteiger charge is 2.30. The zero-order chi connectivity index (χ0) is 10.6. The van der Waals surface area contributed by atoms with Gasteiger partial charge in [0, 0.05) is 19.8 Å². The summed E-state index contributed by atoms with van der Waals surface area (Å²) < 4.78 is 14.7. The van der Waals surface area contributed by atoms with Crippen LogP contribution in [-0.2, 0) is 23.8 Å². The first-order valence-electron chi connectivity index (χ1n) is 4.50. The van der Waals surface area contributed by atoms with Crippen molar-refractivity contribution >= 4 is 11.9 Å². The van der Waals surface area contributed by atoms with Crippen LogP contribution in [-0.4, -0.2) is 37.9 Å². The molecule has 1 rings (SSSR count). The van der Waals surface area contributed by atoms with E-state index in [1.54, 1.807) is 0 Å². The van der Waals surface area contributed by atoms with Crippen molar-refractivity contribution in [2.24, 2.45) is 0 Å². The van der Waals surface area contributed by atoms with Gasteiger partial charge in [0.1, 0.15) is 6.10 Å². The number of esters is 2. The van der Waals surface area contributed by atoms with E-state index in [4.69, 9.17) is 9.47 Å². The van der Waals surface area contributed by atoms with Gasteiger partial charge in [-0.1, -0.05) is 0 Å². The summed E-state index contributed by atoms with van der Waals surface area (Å²) >= 11 is 0. The molecule has 5 nitrogen and oxygen atoms in total. The Morgan fingerprint density at radius 2 is 2.14 bits per heavy atom. The smallest absolute Gasteiger partial charge is 0.335 e. The third-order valence-corrected chi connectivity index (χ3v) is 2.03. The van der Waals surface area contributed by atoms with Crippen LogP contribution in [0.25, 0.3) is 0 Å². The summed E-state index contributed by atoms with van der Waals surface area (Å²) in [4.78, 5) is 21.8. The molecule has 1 aliphatic rings. The molecule has 0 N–H and O–H groups in total. The van der Waals surface area contributed by atoms with E-state index < -0.39 is 12.1 Å². The second-order valence-electron chi connectivity index (χ2n) is 3.14. The Morgan fingerprint density at radius 1 is 1.43 bits per heavy atom. The molecule has 1 saturated heterocycles. The van der Waals surface area contributed by atoms with Gasteiger partial charge in [-0.15, -0.1) is 0 Å².